The van der Waals surface area contributed by atoms with Crippen LogP contribution in [0.4, 0.5) is 0 Å². The Morgan fingerprint density at radius 3 is 1.15 bits per heavy atom. The first kappa shape index (κ1) is 36.2. The van der Waals surface area contributed by atoms with Crippen LogP contribution in [0.2, 0.25) is 0 Å². The number of methoxy groups -OCH3 is 2. The first-order valence-electron chi connectivity index (χ1n) is 15.7. The zero-order valence-corrected chi connectivity index (χ0v) is 29.5. The van der Waals surface area contributed by atoms with Crippen LogP contribution in [0.15, 0.2) is 72.8 Å². The summed E-state index contributed by atoms with van der Waals surface area (Å²) in [6, 6.07) is 17.1. The Kier molecular flexibility index (Phi) is 19.1. The van der Waals surface area contributed by atoms with Crippen LogP contribution in [0, 0.1) is 0 Å². The van der Waals surface area contributed by atoms with Crippen molar-refractivity contribution in [1.29, 1.82) is 0 Å². The molecule has 5 rings (SSSR count). The number of rotatable bonds is 6. The van der Waals surface area contributed by atoms with Crippen molar-refractivity contribution in [3.05, 3.63) is 72.8 Å². The summed E-state index contributed by atoms with van der Waals surface area (Å²) in [4.78, 5) is 0. The Morgan fingerprint density at radius 2 is 0.829 bits per heavy atom. The fourth-order valence-corrected chi connectivity index (χ4v) is 10.8. The summed E-state index contributed by atoms with van der Waals surface area (Å²) in [7, 11) is 3.47. The maximum Gasteiger partial charge on any atom is 0.126 e. The van der Waals surface area contributed by atoms with E-state index in [4.69, 9.17) is 9.47 Å². The number of hydrogen-bond acceptors (Lipinski definition) is 2. The summed E-state index contributed by atoms with van der Waals surface area (Å²) in [5.41, 5.74) is 1.83. The molecule has 0 amide bonds. The van der Waals surface area contributed by atoms with Gasteiger partial charge < -0.3 is 9.47 Å². The van der Waals surface area contributed by atoms with E-state index in [0.717, 1.165) is 22.8 Å². The van der Waals surface area contributed by atoms with Gasteiger partial charge in [0.25, 0.3) is 0 Å². The van der Waals surface area contributed by atoms with Crippen molar-refractivity contribution in [2.75, 3.05) is 27.5 Å². The Labute approximate surface area is 267 Å². The van der Waals surface area contributed by atoms with Crippen molar-refractivity contribution in [2.24, 2.45) is 0 Å². The molecule has 0 aliphatic heterocycles. The number of hydrogen-bond donors (Lipinski definition) is 0. The van der Waals surface area contributed by atoms with Crippen molar-refractivity contribution in [3.63, 3.8) is 0 Å². The standard InChI is InChI=1S/2C14H21OP.C8H12.Rh/c2*1-15-13-10-6-7-11-14(13)16(2)12-8-4-3-5-9-12;1-2-4-6-8-7-5-3-1;/h2*6-7,10-12H,3-5,8-9H2,1-2H3;1-2,7-8H,3-6H2;/b;;2-1-,8-7-;. The van der Waals surface area contributed by atoms with E-state index >= 15 is 0 Å². The van der Waals surface area contributed by atoms with Crippen LogP contribution in [0.3, 0.4) is 0 Å². The van der Waals surface area contributed by atoms with E-state index in [-0.39, 0.29) is 35.3 Å². The molecular weight excluding hydrogens is 629 g/mol. The second kappa shape index (κ2) is 21.7. The minimum absolute atomic E-state index is 0. The van der Waals surface area contributed by atoms with Gasteiger partial charge in [0.1, 0.15) is 11.5 Å². The van der Waals surface area contributed by atoms with E-state index in [1.807, 2.05) is 0 Å². The third kappa shape index (κ3) is 12.6. The predicted molar refractivity (Wildman–Crippen MR) is 181 cm³/mol. The van der Waals surface area contributed by atoms with Gasteiger partial charge in [0.15, 0.2) is 0 Å². The maximum absolute atomic E-state index is 5.47. The summed E-state index contributed by atoms with van der Waals surface area (Å²) in [6.45, 7) is 4.84. The molecule has 2 nitrogen and oxygen atoms in total. The first-order chi connectivity index (χ1) is 19.7. The van der Waals surface area contributed by atoms with Gasteiger partial charge in [-0.1, -0.05) is 115 Å². The van der Waals surface area contributed by atoms with Crippen LogP contribution in [0.25, 0.3) is 0 Å². The Hall–Kier alpha value is -0.997. The Morgan fingerprint density at radius 1 is 0.512 bits per heavy atom. The van der Waals surface area contributed by atoms with Crippen LogP contribution < -0.4 is 20.1 Å². The zero-order chi connectivity index (χ0) is 28.4. The molecule has 2 saturated carbocycles. The van der Waals surface area contributed by atoms with Crippen molar-refractivity contribution in [3.8, 4) is 11.5 Å². The molecule has 1 radical (unpaired) electrons. The van der Waals surface area contributed by atoms with Gasteiger partial charge >= 0.3 is 0 Å². The molecule has 0 N–H and O–H groups in total. The number of para-hydroxylation sites is 2. The molecule has 0 bridgehead atoms. The SMILES string of the molecule is C1=C\CC/C=C\CC/1.COc1ccccc1P(C)C1CCCCC1.COc1ccccc1P(C)C1CCCCC1.[Rh]. The van der Waals surface area contributed by atoms with Crippen LogP contribution >= 0.6 is 15.8 Å². The number of ether oxygens (including phenoxy) is 2. The van der Waals surface area contributed by atoms with Gasteiger partial charge in [-0.15, -0.1) is 0 Å². The molecule has 5 heteroatoms. The first-order valence-corrected chi connectivity index (χ1v) is 19.4. The fraction of sp³-hybridized carbons (Fsp3) is 0.556. The van der Waals surface area contributed by atoms with Crippen LogP contribution in [-0.2, 0) is 19.5 Å². The molecule has 2 aromatic rings. The van der Waals surface area contributed by atoms with Gasteiger partial charge in [0, 0.05) is 30.1 Å². The Balaban J connectivity index is 0.000000224. The van der Waals surface area contributed by atoms with Gasteiger partial charge in [0.2, 0.25) is 0 Å². The average molecular weight is 684 g/mol. The van der Waals surface area contributed by atoms with Gasteiger partial charge in [0.05, 0.1) is 14.2 Å². The predicted octanol–water partition coefficient (Wildman–Crippen LogP) is 10.2. The smallest absolute Gasteiger partial charge is 0.126 e. The second-order valence-electron chi connectivity index (χ2n) is 11.2. The number of allylic oxidation sites excluding steroid dienone is 4. The molecule has 0 spiro atoms. The van der Waals surface area contributed by atoms with E-state index in [2.05, 4.69) is 86.2 Å². The van der Waals surface area contributed by atoms with Crippen molar-refractivity contribution in [2.45, 2.75) is 101 Å². The van der Waals surface area contributed by atoms with Crippen molar-refractivity contribution in [1.82, 2.24) is 0 Å². The zero-order valence-electron chi connectivity index (χ0n) is 26.0. The van der Waals surface area contributed by atoms with E-state index in [1.54, 1.807) is 14.2 Å². The van der Waals surface area contributed by atoms with E-state index < -0.39 is 0 Å². The third-order valence-corrected chi connectivity index (χ3v) is 14.0. The third-order valence-electron chi connectivity index (χ3n) is 8.51. The van der Waals surface area contributed by atoms with Crippen LogP contribution in [0.5, 0.6) is 11.5 Å². The fourth-order valence-electron chi connectivity index (χ4n) is 6.03. The minimum Gasteiger partial charge on any atom is -0.496 e. The van der Waals surface area contributed by atoms with E-state index in [0.29, 0.717) is 0 Å². The maximum atomic E-state index is 5.47. The van der Waals surface area contributed by atoms with E-state index in [1.165, 1.54) is 101 Å². The van der Waals surface area contributed by atoms with Crippen LogP contribution in [0.1, 0.15) is 89.9 Å². The molecule has 2 atom stereocenters. The molecular formula is C36H54O2P2Rh. The Bertz CT molecular complexity index is 919. The van der Waals surface area contributed by atoms with E-state index in [9.17, 15) is 0 Å². The normalized spacial score (nSPS) is 20.6. The number of benzene rings is 2. The molecule has 41 heavy (non-hydrogen) atoms. The molecule has 3 aliphatic rings. The minimum atomic E-state index is -0.0455. The molecule has 0 aromatic heterocycles. The van der Waals surface area contributed by atoms with Gasteiger partial charge in [-0.3, -0.25) is 0 Å². The molecule has 2 unspecified atom stereocenters. The summed E-state index contributed by atoms with van der Waals surface area (Å²) in [5.74, 6) is 2.17. The quantitative estimate of drug-likeness (QED) is 0.172. The van der Waals surface area contributed by atoms with Gasteiger partial charge in [-0.05, 0) is 88.1 Å². The topological polar surface area (TPSA) is 18.5 Å². The van der Waals surface area contributed by atoms with Gasteiger partial charge in [-0.2, -0.15) is 0 Å². The molecule has 2 fully saturated rings. The molecule has 0 saturated heterocycles. The summed E-state index contributed by atoms with van der Waals surface area (Å²) < 4.78 is 10.9. The van der Waals surface area contributed by atoms with Crippen molar-refractivity contribution >= 4 is 26.5 Å². The summed E-state index contributed by atoms with van der Waals surface area (Å²) >= 11 is 0. The monoisotopic (exact) mass is 683 g/mol. The molecule has 2 aromatic carbocycles. The summed E-state index contributed by atoms with van der Waals surface area (Å²) in [5, 5.41) is 2.90. The van der Waals surface area contributed by atoms with Crippen LogP contribution in [-0.4, -0.2) is 38.9 Å². The molecule has 3 aliphatic carbocycles. The molecule has 0 heterocycles. The summed E-state index contributed by atoms with van der Waals surface area (Å²) in [6.07, 6.45) is 28.2. The second-order valence-corrected chi connectivity index (χ2v) is 16.1. The average Bonchev–Trinajstić information content (AvgIpc) is 3.01. The largest absolute Gasteiger partial charge is 0.496 e. The molecule has 229 valence electrons. The van der Waals surface area contributed by atoms with Crippen molar-refractivity contribution < 1.29 is 29.0 Å². The van der Waals surface area contributed by atoms with Gasteiger partial charge in [-0.25, -0.2) is 0 Å².